The molecule has 0 radical (unpaired) electrons. The Kier molecular flexibility index (Phi) is 5.96. The van der Waals surface area contributed by atoms with Gasteiger partial charge in [0.1, 0.15) is 0 Å². The highest BCUT2D eigenvalue weighted by Crippen LogP contribution is 2.47. The van der Waals surface area contributed by atoms with Gasteiger partial charge in [0.2, 0.25) is 0 Å². The van der Waals surface area contributed by atoms with Crippen molar-refractivity contribution >= 4 is 5.91 Å². The molecule has 1 amide bonds. The average molecular weight is 401 g/mol. The molecule has 0 atom stereocenters. The third kappa shape index (κ3) is 4.81. The van der Waals surface area contributed by atoms with E-state index in [9.17, 15) is 9.90 Å². The molecule has 2 aliphatic heterocycles. The number of piperidine rings is 1. The summed E-state index contributed by atoms with van der Waals surface area (Å²) >= 11 is 0. The van der Waals surface area contributed by atoms with E-state index in [1.165, 1.54) is 0 Å². The molecule has 2 saturated heterocycles. The number of aromatic nitrogens is 1. The highest BCUT2D eigenvalue weighted by atomic mass is 16.3. The Balaban J connectivity index is 1.28. The summed E-state index contributed by atoms with van der Waals surface area (Å²) in [6, 6.07) is 1.93. The summed E-state index contributed by atoms with van der Waals surface area (Å²) in [5.41, 5.74) is 1.51. The SMILES string of the molecule is Cc1cncc(C(=O)N2CCC3(CC2)CCC(O)(CN2CCN(C)CC2)CC3)c1. The van der Waals surface area contributed by atoms with Crippen LogP contribution in [0.15, 0.2) is 18.5 Å². The lowest BCUT2D eigenvalue weighted by atomic mass is 9.64. The molecule has 3 fully saturated rings. The third-order valence-corrected chi connectivity index (χ3v) is 7.59. The van der Waals surface area contributed by atoms with E-state index in [0.717, 1.165) is 89.9 Å². The maximum atomic E-state index is 12.8. The number of nitrogens with zero attached hydrogens (tertiary/aromatic N) is 4. The second-order valence-corrected chi connectivity index (χ2v) is 9.85. The van der Waals surface area contributed by atoms with Crippen molar-refractivity contribution < 1.29 is 9.90 Å². The maximum absolute atomic E-state index is 12.8. The Labute approximate surface area is 174 Å². The predicted octanol–water partition coefficient (Wildman–Crippen LogP) is 2.16. The van der Waals surface area contributed by atoms with Crippen LogP contribution in [0.3, 0.4) is 0 Å². The summed E-state index contributed by atoms with van der Waals surface area (Å²) in [7, 11) is 2.17. The van der Waals surface area contributed by atoms with Crippen LogP contribution < -0.4 is 0 Å². The van der Waals surface area contributed by atoms with Crippen LogP contribution in [-0.2, 0) is 0 Å². The molecule has 0 unspecified atom stereocenters. The van der Waals surface area contributed by atoms with E-state index >= 15 is 0 Å². The molecule has 1 saturated carbocycles. The number of likely N-dealkylation sites (tertiary alicyclic amines) is 1. The average Bonchev–Trinajstić information content (AvgIpc) is 2.73. The van der Waals surface area contributed by atoms with E-state index in [0.29, 0.717) is 11.0 Å². The monoisotopic (exact) mass is 400 g/mol. The topological polar surface area (TPSA) is 59.9 Å². The van der Waals surface area contributed by atoms with Gasteiger partial charge in [-0.05, 0) is 69.5 Å². The van der Waals surface area contributed by atoms with Gasteiger partial charge in [-0.3, -0.25) is 14.7 Å². The quantitative estimate of drug-likeness (QED) is 0.843. The van der Waals surface area contributed by atoms with Crippen molar-refractivity contribution in [3.63, 3.8) is 0 Å². The van der Waals surface area contributed by atoms with Gasteiger partial charge in [-0.25, -0.2) is 0 Å². The largest absolute Gasteiger partial charge is 0.389 e. The summed E-state index contributed by atoms with van der Waals surface area (Å²) in [6.07, 6.45) is 9.55. The maximum Gasteiger partial charge on any atom is 0.255 e. The van der Waals surface area contributed by atoms with Crippen molar-refractivity contribution in [2.75, 3.05) is 52.9 Å². The summed E-state index contributed by atoms with van der Waals surface area (Å²) in [6.45, 7) is 8.76. The summed E-state index contributed by atoms with van der Waals surface area (Å²) in [5, 5.41) is 11.2. The number of aliphatic hydroxyl groups is 1. The van der Waals surface area contributed by atoms with Crippen LogP contribution in [-0.4, -0.2) is 89.2 Å². The van der Waals surface area contributed by atoms with Crippen molar-refractivity contribution in [1.82, 2.24) is 19.7 Å². The van der Waals surface area contributed by atoms with Gasteiger partial charge in [-0.2, -0.15) is 0 Å². The van der Waals surface area contributed by atoms with Gasteiger partial charge >= 0.3 is 0 Å². The van der Waals surface area contributed by atoms with Crippen molar-refractivity contribution in [1.29, 1.82) is 0 Å². The van der Waals surface area contributed by atoms with Crippen LogP contribution in [0.1, 0.15) is 54.4 Å². The lowest BCUT2D eigenvalue weighted by Crippen LogP contribution is -2.54. The molecule has 1 N–H and O–H groups in total. The van der Waals surface area contributed by atoms with E-state index in [-0.39, 0.29) is 5.91 Å². The lowest BCUT2D eigenvalue weighted by Gasteiger charge is -2.49. The van der Waals surface area contributed by atoms with Crippen LogP contribution in [0.5, 0.6) is 0 Å². The Morgan fingerprint density at radius 2 is 1.66 bits per heavy atom. The fourth-order valence-electron chi connectivity index (χ4n) is 5.36. The number of pyridine rings is 1. The van der Waals surface area contributed by atoms with Crippen LogP contribution >= 0.6 is 0 Å². The molecule has 3 heterocycles. The normalized spacial score (nSPS) is 25.3. The number of rotatable bonds is 3. The number of carbonyl (C=O) groups excluding carboxylic acids is 1. The highest BCUT2D eigenvalue weighted by molar-refractivity contribution is 5.94. The molecular weight excluding hydrogens is 364 g/mol. The molecule has 160 valence electrons. The predicted molar refractivity (Wildman–Crippen MR) is 114 cm³/mol. The minimum absolute atomic E-state index is 0.110. The summed E-state index contributed by atoms with van der Waals surface area (Å²) < 4.78 is 0. The van der Waals surface area contributed by atoms with Crippen LogP contribution in [0, 0.1) is 12.3 Å². The van der Waals surface area contributed by atoms with Crippen molar-refractivity contribution in [2.24, 2.45) is 5.41 Å². The fraction of sp³-hybridized carbons (Fsp3) is 0.739. The molecular formula is C23H36N4O2. The number of aryl methyl sites for hydroxylation is 1. The minimum Gasteiger partial charge on any atom is -0.389 e. The first-order valence-corrected chi connectivity index (χ1v) is 11.2. The van der Waals surface area contributed by atoms with Crippen molar-refractivity contribution in [3.8, 4) is 0 Å². The Hall–Kier alpha value is -1.50. The molecule has 6 nitrogen and oxygen atoms in total. The van der Waals surface area contributed by atoms with Gasteiger partial charge in [0.25, 0.3) is 5.91 Å². The van der Waals surface area contributed by atoms with Crippen molar-refractivity contribution in [2.45, 2.75) is 51.0 Å². The number of hydrogen-bond donors (Lipinski definition) is 1. The molecule has 29 heavy (non-hydrogen) atoms. The summed E-state index contributed by atoms with van der Waals surface area (Å²) in [5.74, 6) is 0.110. The molecule has 1 aromatic heterocycles. The van der Waals surface area contributed by atoms with Gasteiger partial charge in [0.05, 0.1) is 11.2 Å². The molecule has 0 aromatic carbocycles. The molecule has 1 aliphatic carbocycles. The van der Waals surface area contributed by atoms with E-state index in [4.69, 9.17) is 0 Å². The number of amides is 1. The van der Waals surface area contributed by atoms with Crippen LogP contribution in [0.4, 0.5) is 0 Å². The second-order valence-electron chi connectivity index (χ2n) is 9.85. The van der Waals surface area contributed by atoms with E-state index in [1.807, 2.05) is 17.9 Å². The smallest absolute Gasteiger partial charge is 0.255 e. The Morgan fingerprint density at radius 3 is 2.28 bits per heavy atom. The standard InChI is InChI=1S/C23H36N4O2/c1-19-15-20(17-24-16-19)21(28)27-9-7-22(8-10-27)3-5-23(29,6-4-22)18-26-13-11-25(2)12-14-26/h15-17,29H,3-14,18H2,1-2H3. The van der Waals surface area contributed by atoms with E-state index in [2.05, 4.69) is 21.8 Å². The third-order valence-electron chi connectivity index (χ3n) is 7.59. The van der Waals surface area contributed by atoms with E-state index < -0.39 is 5.60 Å². The number of piperazine rings is 1. The molecule has 4 rings (SSSR count). The number of carbonyl (C=O) groups is 1. The summed E-state index contributed by atoms with van der Waals surface area (Å²) in [4.78, 5) is 23.8. The zero-order chi connectivity index (χ0) is 20.5. The van der Waals surface area contributed by atoms with Crippen molar-refractivity contribution in [3.05, 3.63) is 29.6 Å². The van der Waals surface area contributed by atoms with Crippen LogP contribution in [0.2, 0.25) is 0 Å². The second kappa shape index (κ2) is 8.32. The van der Waals surface area contributed by atoms with Gasteiger partial charge < -0.3 is 14.9 Å². The van der Waals surface area contributed by atoms with Gasteiger partial charge in [0, 0.05) is 58.2 Å². The van der Waals surface area contributed by atoms with Gasteiger partial charge in [-0.15, -0.1) is 0 Å². The first kappa shape index (κ1) is 20.8. The Morgan fingerprint density at radius 1 is 1.00 bits per heavy atom. The van der Waals surface area contributed by atoms with Crippen LogP contribution in [0.25, 0.3) is 0 Å². The molecule has 1 spiro atoms. The highest BCUT2D eigenvalue weighted by Gasteiger charge is 2.44. The zero-order valence-electron chi connectivity index (χ0n) is 18.1. The number of β-amino-alcohol motifs (C(OH)–C–C–N with tert-alkyl or cyclic N) is 1. The molecule has 6 heteroatoms. The molecule has 3 aliphatic rings. The lowest BCUT2D eigenvalue weighted by molar-refractivity contribution is -0.0718. The molecule has 1 aromatic rings. The number of hydrogen-bond acceptors (Lipinski definition) is 5. The van der Waals surface area contributed by atoms with Gasteiger partial charge in [-0.1, -0.05) is 0 Å². The van der Waals surface area contributed by atoms with Gasteiger partial charge in [0.15, 0.2) is 0 Å². The zero-order valence-corrected chi connectivity index (χ0v) is 18.1. The molecule has 0 bridgehead atoms. The van der Waals surface area contributed by atoms with E-state index in [1.54, 1.807) is 12.4 Å². The number of likely N-dealkylation sites (N-methyl/N-ethyl adjacent to an activating group) is 1. The first-order chi connectivity index (χ1) is 13.9. The fourth-order valence-corrected chi connectivity index (χ4v) is 5.36. The Bertz CT molecular complexity index is 711. The first-order valence-electron chi connectivity index (χ1n) is 11.2. The minimum atomic E-state index is -0.526.